The van der Waals surface area contributed by atoms with Crippen LogP contribution in [-0.4, -0.2) is 16.5 Å². The average Bonchev–Trinajstić information content (AvgIpc) is 2.59. The van der Waals surface area contributed by atoms with E-state index in [9.17, 15) is 4.79 Å². The zero-order valence-corrected chi connectivity index (χ0v) is 9.67. The molecule has 14 heavy (non-hydrogen) atoms. The van der Waals surface area contributed by atoms with Gasteiger partial charge in [-0.05, 0) is 36.1 Å². The summed E-state index contributed by atoms with van der Waals surface area (Å²) in [5.74, 6) is 0. The first-order chi connectivity index (χ1) is 6.70. The monoisotopic (exact) mass is 243 g/mol. The molecule has 5 heteroatoms. The fourth-order valence-electron chi connectivity index (χ4n) is 1.12. The van der Waals surface area contributed by atoms with Crippen molar-refractivity contribution in [3.05, 3.63) is 23.2 Å². The van der Waals surface area contributed by atoms with E-state index in [0.29, 0.717) is 5.01 Å². The normalized spacial score (nSPS) is 10.7. The van der Waals surface area contributed by atoms with E-state index in [2.05, 4.69) is 4.98 Å². The molecule has 2 nitrogen and oxygen atoms in total. The number of hydrogen-bond donors (Lipinski definition) is 0. The van der Waals surface area contributed by atoms with Crippen molar-refractivity contribution in [3.8, 4) is 0 Å². The van der Waals surface area contributed by atoms with Crippen LogP contribution in [0.4, 0.5) is 0 Å². The average molecular weight is 244 g/mol. The summed E-state index contributed by atoms with van der Waals surface area (Å²) in [5, 5.41) is -0.128. The van der Waals surface area contributed by atoms with Crippen molar-refractivity contribution in [2.75, 3.05) is 6.26 Å². The van der Waals surface area contributed by atoms with Gasteiger partial charge in [-0.1, -0.05) is 0 Å². The largest absolute Gasteiger partial charge is 0.281 e. The van der Waals surface area contributed by atoms with Gasteiger partial charge in [-0.3, -0.25) is 4.79 Å². The van der Waals surface area contributed by atoms with E-state index in [-0.39, 0.29) is 0 Å². The molecule has 2 rings (SSSR count). The SMILES string of the molecule is CSc1ccc2nc(C(=O)Cl)sc2c1. The van der Waals surface area contributed by atoms with Crippen LogP contribution in [0.2, 0.25) is 0 Å². The topological polar surface area (TPSA) is 30.0 Å². The molecule has 1 aromatic carbocycles. The lowest BCUT2D eigenvalue weighted by Gasteiger charge is -1.92. The third-order valence-corrected chi connectivity index (χ3v) is 3.80. The third-order valence-electron chi connectivity index (χ3n) is 1.76. The summed E-state index contributed by atoms with van der Waals surface area (Å²) in [4.78, 5) is 16.2. The maximum Gasteiger partial charge on any atom is 0.281 e. The van der Waals surface area contributed by atoms with E-state index in [0.717, 1.165) is 15.1 Å². The van der Waals surface area contributed by atoms with Gasteiger partial charge in [-0.2, -0.15) is 0 Å². The van der Waals surface area contributed by atoms with E-state index >= 15 is 0 Å². The second-order valence-electron chi connectivity index (χ2n) is 2.63. The number of carbonyl (C=O) groups is 1. The molecule has 0 atom stereocenters. The third kappa shape index (κ3) is 1.78. The second-order valence-corrected chi connectivity index (χ2v) is 4.88. The van der Waals surface area contributed by atoms with Crippen LogP contribution in [0.25, 0.3) is 10.2 Å². The number of halogens is 1. The van der Waals surface area contributed by atoms with Gasteiger partial charge >= 0.3 is 0 Å². The van der Waals surface area contributed by atoms with Gasteiger partial charge in [0.15, 0.2) is 5.01 Å². The molecule has 1 aromatic heterocycles. The van der Waals surface area contributed by atoms with Crippen LogP contribution < -0.4 is 0 Å². The molecular weight excluding hydrogens is 238 g/mol. The fraction of sp³-hybridized carbons (Fsp3) is 0.111. The lowest BCUT2D eigenvalue weighted by Crippen LogP contribution is -1.84. The number of fused-ring (bicyclic) bond motifs is 1. The van der Waals surface area contributed by atoms with Crippen molar-refractivity contribution in [1.29, 1.82) is 0 Å². The van der Waals surface area contributed by atoms with Crippen LogP contribution in [0, 0.1) is 0 Å². The molecule has 0 fully saturated rings. The van der Waals surface area contributed by atoms with Crippen molar-refractivity contribution in [1.82, 2.24) is 4.98 Å². The minimum Gasteiger partial charge on any atom is -0.273 e. The number of thioether (sulfide) groups is 1. The Hall–Kier alpha value is -0.580. The first-order valence-electron chi connectivity index (χ1n) is 3.85. The number of aromatic nitrogens is 1. The highest BCUT2D eigenvalue weighted by molar-refractivity contribution is 7.98. The van der Waals surface area contributed by atoms with Crippen molar-refractivity contribution in [2.45, 2.75) is 4.90 Å². The molecule has 2 aromatic rings. The molecule has 0 N–H and O–H groups in total. The predicted molar refractivity (Wildman–Crippen MR) is 61.6 cm³/mol. The number of rotatable bonds is 2. The molecule has 1 heterocycles. The van der Waals surface area contributed by atoms with Crippen molar-refractivity contribution in [2.24, 2.45) is 0 Å². The van der Waals surface area contributed by atoms with Crippen LogP contribution in [-0.2, 0) is 0 Å². The molecule has 0 spiro atoms. The molecule has 0 aliphatic heterocycles. The van der Waals surface area contributed by atoms with Crippen molar-refractivity contribution in [3.63, 3.8) is 0 Å². The van der Waals surface area contributed by atoms with Crippen LogP contribution in [0.5, 0.6) is 0 Å². The van der Waals surface area contributed by atoms with E-state index in [1.165, 1.54) is 11.3 Å². The number of nitrogens with zero attached hydrogens (tertiary/aromatic N) is 1. The quantitative estimate of drug-likeness (QED) is 0.598. The summed E-state index contributed by atoms with van der Waals surface area (Å²) in [5.41, 5.74) is 0.830. The molecule has 0 aliphatic rings. The van der Waals surface area contributed by atoms with Gasteiger partial charge in [0.1, 0.15) is 0 Å². The van der Waals surface area contributed by atoms with Crippen molar-refractivity contribution >= 4 is 50.2 Å². The summed E-state index contributed by atoms with van der Waals surface area (Å²) in [6, 6.07) is 5.90. The van der Waals surface area contributed by atoms with Gasteiger partial charge in [-0.15, -0.1) is 23.1 Å². The van der Waals surface area contributed by atoms with Gasteiger partial charge in [0.25, 0.3) is 5.24 Å². The Bertz CT molecular complexity index is 495. The lowest BCUT2D eigenvalue weighted by molar-refractivity contribution is 0.108. The molecule has 0 saturated carbocycles. The van der Waals surface area contributed by atoms with E-state index in [4.69, 9.17) is 11.6 Å². The Labute approximate surface area is 94.3 Å². The molecule has 72 valence electrons. The van der Waals surface area contributed by atoms with Gasteiger partial charge in [0.05, 0.1) is 10.2 Å². The van der Waals surface area contributed by atoms with Crippen LogP contribution in [0.3, 0.4) is 0 Å². The highest BCUT2D eigenvalue weighted by Gasteiger charge is 2.09. The molecule has 0 saturated heterocycles. The van der Waals surface area contributed by atoms with E-state index < -0.39 is 5.24 Å². The number of benzene rings is 1. The van der Waals surface area contributed by atoms with E-state index in [1.807, 2.05) is 24.5 Å². The Morgan fingerprint density at radius 1 is 1.57 bits per heavy atom. The zero-order chi connectivity index (χ0) is 10.1. The summed E-state index contributed by atoms with van der Waals surface area (Å²) < 4.78 is 1.00. The first-order valence-corrected chi connectivity index (χ1v) is 6.27. The second kappa shape index (κ2) is 3.88. The van der Waals surface area contributed by atoms with Crippen LogP contribution in [0.1, 0.15) is 9.80 Å². The predicted octanol–water partition coefficient (Wildman–Crippen LogP) is 3.40. The molecule has 0 unspecified atom stereocenters. The molecule has 0 amide bonds. The Balaban J connectivity index is 2.60. The first kappa shape index (κ1) is 9.96. The molecule has 0 bridgehead atoms. The minimum absolute atomic E-state index is 0.361. The maximum absolute atomic E-state index is 10.9. The Morgan fingerprint density at radius 3 is 3.00 bits per heavy atom. The zero-order valence-electron chi connectivity index (χ0n) is 7.28. The Kier molecular flexibility index (Phi) is 2.76. The Morgan fingerprint density at radius 2 is 2.36 bits per heavy atom. The molecular formula is C9H6ClNOS2. The summed E-state index contributed by atoms with van der Waals surface area (Å²) >= 11 is 8.34. The van der Waals surface area contributed by atoms with Gasteiger partial charge < -0.3 is 0 Å². The summed E-state index contributed by atoms with van der Waals surface area (Å²) in [6.45, 7) is 0. The van der Waals surface area contributed by atoms with Crippen molar-refractivity contribution < 1.29 is 4.79 Å². The molecule has 0 aliphatic carbocycles. The van der Waals surface area contributed by atoms with Crippen LogP contribution in [0.15, 0.2) is 23.1 Å². The molecule has 0 radical (unpaired) electrons. The lowest BCUT2D eigenvalue weighted by atomic mass is 10.3. The summed E-state index contributed by atoms with van der Waals surface area (Å²) in [6.07, 6.45) is 2.01. The smallest absolute Gasteiger partial charge is 0.273 e. The fourth-order valence-corrected chi connectivity index (χ4v) is 2.63. The number of thiazole rings is 1. The van der Waals surface area contributed by atoms with Gasteiger partial charge in [-0.25, -0.2) is 4.98 Å². The van der Waals surface area contributed by atoms with Crippen LogP contribution >= 0.6 is 34.7 Å². The number of carbonyl (C=O) groups excluding carboxylic acids is 1. The minimum atomic E-state index is -0.489. The highest BCUT2D eigenvalue weighted by Crippen LogP contribution is 2.27. The van der Waals surface area contributed by atoms with Gasteiger partial charge in [0, 0.05) is 4.90 Å². The number of hydrogen-bond acceptors (Lipinski definition) is 4. The summed E-state index contributed by atoms with van der Waals surface area (Å²) in [7, 11) is 0. The van der Waals surface area contributed by atoms with E-state index in [1.54, 1.807) is 11.8 Å². The standard InChI is InChI=1S/C9H6ClNOS2/c1-13-5-2-3-6-7(4-5)14-9(11-6)8(10)12/h2-4H,1H3. The van der Waals surface area contributed by atoms with Gasteiger partial charge in [0.2, 0.25) is 0 Å². The maximum atomic E-state index is 10.9. The highest BCUT2D eigenvalue weighted by atomic mass is 35.5.